The van der Waals surface area contributed by atoms with Crippen molar-refractivity contribution in [3.05, 3.63) is 53.3 Å². The summed E-state index contributed by atoms with van der Waals surface area (Å²) < 4.78 is 0. The minimum Gasteiger partial charge on any atom is -0.382 e. The Kier molecular flexibility index (Phi) is 6.36. The number of carbonyl (C=O) groups excluding carboxylic acids is 1. The van der Waals surface area contributed by atoms with E-state index in [4.69, 9.17) is 0 Å². The number of hydrogen-bond acceptors (Lipinski definition) is 3. The fourth-order valence-electron chi connectivity index (χ4n) is 2.61. The van der Waals surface area contributed by atoms with E-state index in [0.717, 1.165) is 41.8 Å². The third-order valence-electron chi connectivity index (χ3n) is 4.26. The van der Waals surface area contributed by atoms with Crippen molar-refractivity contribution in [3.8, 4) is 0 Å². The Morgan fingerprint density at radius 3 is 2.38 bits per heavy atom. The van der Waals surface area contributed by atoms with E-state index >= 15 is 0 Å². The van der Waals surface area contributed by atoms with E-state index in [1.165, 1.54) is 0 Å². The molecular weight excluding hydrogens is 298 g/mol. The maximum absolute atomic E-state index is 12.7. The van der Waals surface area contributed by atoms with E-state index in [9.17, 15) is 4.79 Å². The lowest BCUT2D eigenvalue weighted by molar-refractivity contribution is 0.102. The lowest BCUT2D eigenvalue weighted by Gasteiger charge is -2.15. The van der Waals surface area contributed by atoms with Gasteiger partial charge in [-0.2, -0.15) is 0 Å². The molecule has 1 heterocycles. The second-order valence-corrected chi connectivity index (χ2v) is 6.00. The molecule has 1 atom stereocenters. The van der Waals surface area contributed by atoms with Crippen molar-refractivity contribution >= 4 is 17.3 Å². The van der Waals surface area contributed by atoms with Crippen LogP contribution in [0.5, 0.6) is 0 Å². The second kappa shape index (κ2) is 8.48. The molecule has 0 spiro atoms. The zero-order valence-electron chi connectivity index (χ0n) is 15.0. The van der Waals surface area contributed by atoms with Crippen LogP contribution in [0.15, 0.2) is 36.5 Å². The number of aryl methyl sites for hydroxylation is 2. The predicted octanol–water partition coefficient (Wildman–Crippen LogP) is 4.67. The van der Waals surface area contributed by atoms with Gasteiger partial charge in [-0.1, -0.05) is 39.0 Å². The Morgan fingerprint density at radius 1 is 1.12 bits per heavy atom. The molecule has 2 N–H and O–H groups in total. The van der Waals surface area contributed by atoms with Crippen LogP contribution in [-0.2, 0) is 12.8 Å². The maximum atomic E-state index is 12.7. The van der Waals surface area contributed by atoms with Crippen molar-refractivity contribution in [3.63, 3.8) is 0 Å². The van der Waals surface area contributed by atoms with Crippen LogP contribution < -0.4 is 10.6 Å². The summed E-state index contributed by atoms with van der Waals surface area (Å²) >= 11 is 0. The van der Waals surface area contributed by atoms with Crippen LogP contribution in [0.2, 0.25) is 0 Å². The minimum atomic E-state index is -0.168. The van der Waals surface area contributed by atoms with Gasteiger partial charge in [0, 0.05) is 23.6 Å². The lowest BCUT2D eigenvalue weighted by Crippen LogP contribution is -2.18. The highest BCUT2D eigenvalue weighted by atomic mass is 16.1. The summed E-state index contributed by atoms with van der Waals surface area (Å²) in [7, 11) is 0. The molecule has 0 fully saturated rings. The van der Waals surface area contributed by atoms with Crippen LogP contribution in [0, 0.1) is 0 Å². The Labute approximate surface area is 144 Å². The summed E-state index contributed by atoms with van der Waals surface area (Å²) in [4.78, 5) is 16.9. The molecule has 0 saturated heterocycles. The van der Waals surface area contributed by atoms with Crippen molar-refractivity contribution in [2.45, 2.75) is 53.0 Å². The van der Waals surface area contributed by atoms with Gasteiger partial charge in [0.25, 0.3) is 5.91 Å². The van der Waals surface area contributed by atoms with Crippen LogP contribution in [0.4, 0.5) is 11.4 Å². The molecule has 1 aromatic heterocycles. The number of aromatic nitrogens is 1. The Balaban J connectivity index is 2.23. The maximum Gasteiger partial charge on any atom is 0.274 e. The molecule has 2 rings (SSSR count). The lowest BCUT2D eigenvalue weighted by atomic mass is 10.0. The Bertz CT molecular complexity index is 675. The highest BCUT2D eigenvalue weighted by molar-refractivity contribution is 6.04. The monoisotopic (exact) mass is 325 g/mol. The summed E-state index contributed by atoms with van der Waals surface area (Å²) in [6.45, 7) is 8.43. The Morgan fingerprint density at radius 2 is 1.79 bits per heavy atom. The predicted molar refractivity (Wildman–Crippen MR) is 101 cm³/mol. The summed E-state index contributed by atoms with van der Waals surface area (Å²) in [5, 5.41) is 6.44. The van der Waals surface area contributed by atoms with Gasteiger partial charge in [-0.15, -0.1) is 0 Å². The summed E-state index contributed by atoms with van der Waals surface area (Å²) in [6, 6.07) is 10.2. The average Bonchev–Trinajstić information content (AvgIpc) is 2.61. The molecule has 2 aromatic rings. The zero-order chi connectivity index (χ0) is 17.5. The molecule has 0 bridgehead atoms. The second-order valence-electron chi connectivity index (χ2n) is 6.00. The first kappa shape index (κ1) is 18.0. The average molecular weight is 325 g/mol. The number of nitrogens with one attached hydrogen (secondary N) is 2. The van der Waals surface area contributed by atoms with Gasteiger partial charge in [0.15, 0.2) is 0 Å². The highest BCUT2D eigenvalue weighted by Gasteiger charge is 2.13. The molecule has 128 valence electrons. The normalized spacial score (nSPS) is 11.8. The zero-order valence-corrected chi connectivity index (χ0v) is 15.0. The summed E-state index contributed by atoms with van der Waals surface area (Å²) in [6.07, 6.45) is 4.46. The van der Waals surface area contributed by atoms with E-state index < -0.39 is 0 Å². The highest BCUT2D eigenvalue weighted by Crippen LogP contribution is 2.23. The molecular formula is C20H27N3O. The van der Waals surface area contributed by atoms with Gasteiger partial charge in [0.1, 0.15) is 5.69 Å². The van der Waals surface area contributed by atoms with E-state index in [0.29, 0.717) is 11.7 Å². The number of hydrogen-bond donors (Lipinski definition) is 2. The number of para-hydroxylation sites is 1. The van der Waals surface area contributed by atoms with Crippen molar-refractivity contribution in [2.75, 3.05) is 10.6 Å². The molecule has 0 saturated carbocycles. The largest absolute Gasteiger partial charge is 0.382 e. The van der Waals surface area contributed by atoms with Crippen LogP contribution >= 0.6 is 0 Å². The van der Waals surface area contributed by atoms with Crippen LogP contribution in [-0.4, -0.2) is 16.9 Å². The molecule has 1 unspecified atom stereocenters. The SMILES string of the molecule is CCc1cccc(CC)c1NC(=O)c1cc(NC(C)CC)ccn1. The van der Waals surface area contributed by atoms with Crippen molar-refractivity contribution in [1.82, 2.24) is 4.98 Å². The van der Waals surface area contributed by atoms with Crippen LogP contribution in [0.1, 0.15) is 55.7 Å². The number of rotatable bonds is 7. The molecule has 0 aliphatic heterocycles. The van der Waals surface area contributed by atoms with Crippen LogP contribution in [0.25, 0.3) is 0 Å². The molecule has 1 aromatic carbocycles. The van der Waals surface area contributed by atoms with Gasteiger partial charge >= 0.3 is 0 Å². The van der Waals surface area contributed by atoms with Crippen LogP contribution in [0.3, 0.4) is 0 Å². The first-order chi connectivity index (χ1) is 11.6. The number of benzene rings is 1. The molecule has 0 aliphatic rings. The molecule has 4 heteroatoms. The van der Waals surface area contributed by atoms with E-state index in [2.05, 4.69) is 55.4 Å². The number of nitrogens with zero attached hydrogens (tertiary/aromatic N) is 1. The molecule has 24 heavy (non-hydrogen) atoms. The Hall–Kier alpha value is -2.36. The third-order valence-corrected chi connectivity index (χ3v) is 4.26. The van der Waals surface area contributed by atoms with Gasteiger partial charge in [-0.3, -0.25) is 9.78 Å². The smallest absolute Gasteiger partial charge is 0.274 e. The van der Waals surface area contributed by atoms with Crippen molar-refractivity contribution in [2.24, 2.45) is 0 Å². The number of anilines is 2. The first-order valence-electron chi connectivity index (χ1n) is 8.73. The molecule has 0 aliphatic carbocycles. The summed E-state index contributed by atoms with van der Waals surface area (Å²) in [5.41, 5.74) is 4.57. The minimum absolute atomic E-state index is 0.168. The third kappa shape index (κ3) is 4.34. The van der Waals surface area contributed by atoms with Gasteiger partial charge in [0.2, 0.25) is 0 Å². The van der Waals surface area contributed by atoms with Crippen molar-refractivity contribution in [1.29, 1.82) is 0 Å². The standard InChI is InChI=1S/C20H27N3O/c1-5-14(4)22-17-11-12-21-18(13-17)20(24)23-19-15(6-2)9-8-10-16(19)7-3/h8-14H,5-7H2,1-4H3,(H,21,22)(H,23,24). The van der Waals surface area contributed by atoms with Gasteiger partial charge in [-0.25, -0.2) is 0 Å². The summed E-state index contributed by atoms with van der Waals surface area (Å²) in [5.74, 6) is -0.168. The number of pyridine rings is 1. The fraction of sp³-hybridized carbons (Fsp3) is 0.400. The van der Waals surface area contributed by atoms with E-state index in [1.54, 1.807) is 6.20 Å². The fourth-order valence-corrected chi connectivity index (χ4v) is 2.61. The van der Waals surface area contributed by atoms with Gasteiger partial charge in [0.05, 0.1) is 0 Å². The molecule has 4 nitrogen and oxygen atoms in total. The quantitative estimate of drug-likeness (QED) is 0.778. The van der Waals surface area contributed by atoms with Crippen molar-refractivity contribution < 1.29 is 4.79 Å². The number of amides is 1. The van der Waals surface area contributed by atoms with E-state index in [1.807, 2.05) is 18.2 Å². The molecule has 0 radical (unpaired) electrons. The van der Waals surface area contributed by atoms with Gasteiger partial charge < -0.3 is 10.6 Å². The van der Waals surface area contributed by atoms with E-state index in [-0.39, 0.29) is 5.91 Å². The molecule has 1 amide bonds. The number of carbonyl (C=O) groups is 1. The topological polar surface area (TPSA) is 54.0 Å². The van der Waals surface area contributed by atoms with Gasteiger partial charge in [-0.05, 0) is 49.4 Å². The first-order valence-corrected chi connectivity index (χ1v) is 8.73.